The van der Waals surface area contributed by atoms with E-state index in [0.717, 1.165) is 36.5 Å². The molecular formula is C25H30ClN5O2. The van der Waals surface area contributed by atoms with Crippen LogP contribution in [0.5, 0.6) is 0 Å². The average molecular weight is 468 g/mol. The second kappa shape index (κ2) is 9.58. The molecule has 2 aliphatic heterocycles. The van der Waals surface area contributed by atoms with Gasteiger partial charge in [-0.05, 0) is 32.8 Å². The maximum absolute atomic E-state index is 12.4. The second-order valence-corrected chi connectivity index (χ2v) is 9.92. The number of anilines is 1. The topological polar surface area (TPSA) is 72.7 Å². The van der Waals surface area contributed by atoms with Gasteiger partial charge in [-0.15, -0.1) is 0 Å². The van der Waals surface area contributed by atoms with Crippen LogP contribution in [0.15, 0.2) is 30.3 Å². The lowest BCUT2D eigenvalue weighted by atomic mass is 9.98. The van der Waals surface area contributed by atoms with E-state index in [9.17, 15) is 10.1 Å². The van der Waals surface area contributed by atoms with Crippen LogP contribution < -0.4 is 4.90 Å². The van der Waals surface area contributed by atoms with Gasteiger partial charge in [-0.2, -0.15) is 5.26 Å². The van der Waals surface area contributed by atoms with Crippen molar-refractivity contribution in [2.75, 3.05) is 37.6 Å². The average Bonchev–Trinajstić information content (AvgIpc) is 2.78. The number of halogens is 1. The third-order valence-corrected chi connectivity index (χ3v) is 6.24. The van der Waals surface area contributed by atoms with Gasteiger partial charge in [0.2, 0.25) is 0 Å². The third kappa shape index (κ3) is 5.40. The minimum atomic E-state index is -0.522. The zero-order valence-electron chi connectivity index (χ0n) is 19.5. The molecule has 0 atom stereocenters. The normalized spacial score (nSPS) is 16.8. The first-order chi connectivity index (χ1) is 15.7. The van der Waals surface area contributed by atoms with Crippen molar-refractivity contribution in [2.45, 2.75) is 45.9 Å². The fourth-order valence-corrected chi connectivity index (χ4v) is 4.68. The summed E-state index contributed by atoms with van der Waals surface area (Å²) in [5, 5.41) is 10.1. The Balaban J connectivity index is 1.52. The minimum absolute atomic E-state index is 0.252. The monoisotopic (exact) mass is 467 g/mol. The highest BCUT2D eigenvalue weighted by molar-refractivity contribution is 6.31. The predicted octanol–water partition coefficient (Wildman–Crippen LogP) is 4.22. The maximum atomic E-state index is 12.4. The molecule has 1 aromatic carbocycles. The van der Waals surface area contributed by atoms with Crippen LogP contribution in [0.3, 0.4) is 0 Å². The molecule has 0 spiro atoms. The summed E-state index contributed by atoms with van der Waals surface area (Å²) in [5.41, 5.74) is 4.09. The van der Waals surface area contributed by atoms with Crippen molar-refractivity contribution < 1.29 is 9.53 Å². The number of carbonyl (C=O) groups is 1. The van der Waals surface area contributed by atoms with Gasteiger partial charge < -0.3 is 14.5 Å². The predicted molar refractivity (Wildman–Crippen MR) is 128 cm³/mol. The molecule has 0 saturated carbocycles. The van der Waals surface area contributed by atoms with Crippen molar-refractivity contribution >= 4 is 23.4 Å². The van der Waals surface area contributed by atoms with Gasteiger partial charge in [0.1, 0.15) is 22.4 Å². The smallest absolute Gasteiger partial charge is 0.410 e. The van der Waals surface area contributed by atoms with Crippen molar-refractivity contribution in [3.63, 3.8) is 0 Å². The molecular weight excluding hydrogens is 438 g/mol. The lowest BCUT2D eigenvalue weighted by Gasteiger charge is -2.39. The quantitative estimate of drug-likeness (QED) is 0.629. The minimum Gasteiger partial charge on any atom is -0.444 e. The molecule has 3 heterocycles. The lowest BCUT2D eigenvalue weighted by Crippen LogP contribution is -2.50. The van der Waals surface area contributed by atoms with Crippen LogP contribution in [0, 0.1) is 11.3 Å². The zero-order valence-corrected chi connectivity index (χ0v) is 20.2. The summed E-state index contributed by atoms with van der Waals surface area (Å²) >= 11 is 6.48. The molecule has 1 fully saturated rings. The van der Waals surface area contributed by atoms with Crippen LogP contribution in [0.4, 0.5) is 10.5 Å². The number of pyridine rings is 1. The number of hydrogen-bond donors (Lipinski definition) is 0. The fourth-order valence-electron chi connectivity index (χ4n) is 4.45. The highest BCUT2D eigenvalue weighted by Gasteiger charge is 2.31. The molecule has 2 aromatic rings. The molecule has 1 amide bonds. The van der Waals surface area contributed by atoms with E-state index in [0.29, 0.717) is 38.3 Å². The third-order valence-electron chi connectivity index (χ3n) is 5.97. The van der Waals surface area contributed by atoms with Crippen molar-refractivity contribution in [3.05, 3.63) is 57.9 Å². The first-order valence-corrected chi connectivity index (χ1v) is 11.7. The van der Waals surface area contributed by atoms with Gasteiger partial charge in [-0.3, -0.25) is 4.90 Å². The molecule has 2 aliphatic rings. The number of carbonyl (C=O) groups excluding carboxylic acids is 1. The van der Waals surface area contributed by atoms with Gasteiger partial charge >= 0.3 is 6.09 Å². The van der Waals surface area contributed by atoms with E-state index in [1.54, 1.807) is 4.90 Å². The van der Waals surface area contributed by atoms with Gasteiger partial charge in [0.15, 0.2) is 0 Å². The number of benzene rings is 1. The Bertz CT molecular complexity index is 1050. The van der Waals surface area contributed by atoms with E-state index >= 15 is 0 Å². The van der Waals surface area contributed by atoms with Gasteiger partial charge in [0.05, 0.1) is 11.4 Å². The summed E-state index contributed by atoms with van der Waals surface area (Å²) in [4.78, 5) is 23.3. The number of ether oxygens (including phenoxy) is 1. The molecule has 4 rings (SSSR count). The number of fused-ring (bicyclic) bond motifs is 1. The molecule has 0 unspecified atom stereocenters. The molecule has 8 heteroatoms. The Morgan fingerprint density at radius 3 is 2.48 bits per heavy atom. The molecule has 1 aromatic heterocycles. The Labute approximate surface area is 200 Å². The van der Waals surface area contributed by atoms with Gasteiger partial charge in [0, 0.05) is 51.4 Å². The van der Waals surface area contributed by atoms with Crippen LogP contribution in [0.2, 0.25) is 5.15 Å². The number of rotatable bonds is 3. The number of nitrogens with zero attached hydrogens (tertiary/aromatic N) is 5. The Morgan fingerprint density at radius 2 is 1.85 bits per heavy atom. The van der Waals surface area contributed by atoms with Crippen molar-refractivity contribution in [3.8, 4) is 6.07 Å². The largest absolute Gasteiger partial charge is 0.444 e. The number of aromatic nitrogens is 1. The van der Waals surface area contributed by atoms with Crippen LogP contribution in [-0.2, 0) is 24.2 Å². The van der Waals surface area contributed by atoms with Gasteiger partial charge in [-0.1, -0.05) is 41.9 Å². The van der Waals surface area contributed by atoms with Crippen molar-refractivity contribution in [2.24, 2.45) is 0 Å². The number of amides is 1. The Hall–Kier alpha value is -2.82. The lowest BCUT2D eigenvalue weighted by molar-refractivity contribution is 0.0240. The van der Waals surface area contributed by atoms with E-state index in [1.807, 2.05) is 26.8 Å². The maximum Gasteiger partial charge on any atom is 0.410 e. The number of nitriles is 1. The molecule has 1 saturated heterocycles. The van der Waals surface area contributed by atoms with E-state index in [1.165, 1.54) is 5.56 Å². The summed E-state index contributed by atoms with van der Waals surface area (Å²) < 4.78 is 5.51. The van der Waals surface area contributed by atoms with Crippen LogP contribution in [-0.4, -0.2) is 59.2 Å². The number of hydrogen-bond acceptors (Lipinski definition) is 6. The molecule has 7 nitrogen and oxygen atoms in total. The summed E-state index contributed by atoms with van der Waals surface area (Å²) in [6.07, 6.45) is 0.511. The standard InChI is InChI=1S/C25H30ClN5O2/c1-25(2,3)33-24(32)31-13-11-30(12-14-31)22-19-9-10-29(16-18-7-5-4-6-8-18)17-21(19)28-23(26)20(22)15-27/h4-8H,9-14,16-17H2,1-3H3. The van der Waals surface area contributed by atoms with Crippen molar-refractivity contribution in [1.82, 2.24) is 14.8 Å². The SMILES string of the molecule is CC(C)(C)OC(=O)N1CCN(c2c(C#N)c(Cl)nc3c2CCN(Cc2ccccc2)C3)CC1. The van der Waals surface area contributed by atoms with E-state index in [2.05, 4.69) is 45.1 Å². The molecule has 174 valence electrons. The highest BCUT2D eigenvalue weighted by Crippen LogP contribution is 2.35. The zero-order chi connectivity index (χ0) is 23.6. The summed E-state index contributed by atoms with van der Waals surface area (Å²) in [6.45, 7) is 10.4. The van der Waals surface area contributed by atoms with Crippen LogP contribution in [0.1, 0.15) is 43.2 Å². The number of piperazine rings is 1. The highest BCUT2D eigenvalue weighted by atomic mass is 35.5. The fraction of sp³-hybridized carbons (Fsp3) is 0.480. The molecule has 0 radical (unpaired) electrons. The molecule has 0 N–H and O–H groups in total. The van der Waals surface area contributed by atoms with E-state index in [-0.39, 0.29) is 11.2 Å². The van der Waals surface area contributed by atoms with E-state index in [4.69, 9.17) is 16.3 Å². The summed E-state index contributed by atoms with van der Waals surface area (Å²) in [5.74, 6) is 0. The first-order valence-electron chi connectivity index (χ1n) is 11.4. The molecule has 0 bridgehead atoms. The Morgan fingerprint density at radius 1 is 1.15 bits per heavy atom. The van der Waals surface area contributed by atoms with Crippen LogP contribution in [0.25, 0.3) is 0 Å². The van der Waals surface area contributed by atoms with Crippen LogP contribution >= 0.6 is 11.6 Å². The second-order valence-electron chi connectivity index (χ2n) is 9.56. The van der Waals surface area contributed by atoms with Gasteiger partial charge in [0.25, 0.3) is 0 Å². The van der Waals surface area contributed by atoms with E-state index < -0.39 is 5.60 Å². The van der Waals surface area contributed by atoms with Gasteiger partial charge in [-0.25, -0.2) is 9.78 Å². The Kier molecular flexibility index (Phi) is 6.78. The van der Waals surface area contributed by atoms with Crippen molar-refractivity contribution in [1.29, 1.82) is 5.26 Å². The molecule has 0 aliphatic carbocycles. The molecule has 33 heavy (non-hydrogen) atoms. The summed E-state index contributed by atoms with van der Waals surface area (Å²) in [6, 6.07) is 12.7. The summed E-state index contributed by atoms with van der Waals surface area (Å²) in [7, 11) is 0. The first kappa shape index (κ1) is 23.3.